The molecule has 4 rings (SSSR count). The molecule has 4 aromatic carbocycles. The van der Waals surface area contributed by atoms with Crippen molar-refractivity contribution in [1.82, 2.24) is 0 Å². The van der Waals surface area contributed by atoms with Crippen LogP contribution in [0.25, 0.3) is 0 Å². The van der Waals surface area contributed by atoms with Crippen molar-refractivity contribution in [2.75, 3.05) is 10.6 Å². The molecule has 0 unspecified atom stereocenters. The Kier molecular flexibility index (Phi) is 8.99. The summed E-state index contributed by atoms with van der Waals surface area (Å²) in [6.45, 7) is 12.1. The molecule has 4 aromatic rings. The van der Waals surface area contributed by atoms with Gasteiger partial charge in [-0.3, -0.25) is 0 Å². The van der Waals surface area contributed by atoms with Gasteiger partial charge in [0.1, 0.15) is 0 Å². The van der Waals surface area contributed by atoms with Gasteiger partial charge in [-0.05, 0) is 79.6 Å². The summed E-state index contributed by atoms with van der Waals surface area (Å²) in [6, 6.07) is 35.5. The van der Waals surface area contributed by atoms with E-state index < -0.39 is 0 Å². The van der Waals surface area contributed by atoms with Crippen molar-refractivity contribution >= 4 is 11.4 Å². The number of nitrogens with one attached hydrogen (secondary N) is 2. The molecule has 0 heterocycles. The van der Waals surface area contributed by atoms with Gasteiger partial charge in [0, 0.05) is 11.4 Å². The third-order valence-corrected chi connectivity index (χ3v) is 6.76. The monoisotopic (exact) mass is 486 g/mol. The van der Waals surface area contributed by atoms with Crippen molar-refractivity contribution in [3.05, 3.63) is 156 Å². The van der Waals surface area contributed by atoms with Gasteiger partial charge < -0.3 is 10.6 Å². The van der Waals surface area contributed by atoms with E-state index in [9.17, 15) is 0 Å². The topological polar surface area (TPSA) is 24.1 Å². The number of anilines is 2. The van der Waals surface area contributed by atoms with E-state index in [0.29, 0.717) is 0 Å². The predicted molar refractivity (Wildman–Crippen MR) is 160 cm³/mol. The molecular weight excluding hydrogens is 448 g/mol. The lowest BCUT2D eigenvalue weighted by molar-refractivity contribution is 0.798. The second kappa shape index (κ2) is 12.8. The van der Waals surface area contributed by atoms with Gasteiger partial charge in [-0.2, -0.15) is 0 Å². The van der Waals surface area contributed by atoms with E-state index in [2.05, 4.69) is 135 Å². The SMILES string of the molecule is C=CC[C@@H](Nc1ccc(Cc2ccc(N[C@H](CC=C)c3ccc(C)cc3)cc2)cc1)c1ccc(C)cc1. The van der Waals surface area contributed by atoms with Crippen LogP contribution in [0.2, 0.25) is 0 Å². The highest BCUT2D eigenvalue weighted by atomic mass is 14.9. The van der Waals surface area contributed by atoms with Gasteiger partial charge in [0.25, 0.3) is 0 Å². The smallest absolute Gasteiger partial charge is 0.0548 e. The second-order valence-corrected chi connectivity index (χ2v) is 9.83. The largest absolute Gasteiger partial charge is 0.378 e. The van der Waals surface area contributed by atoms with Crippen LogP contribution in [0.15, 0.2) is 122 Å². The van der Waals surface area contributed by atoms with E-state index in [0.717, 1.165) is 30.6 Å². The maximum absolute atomic E-state index is 3.95. The molecule has 0 saturated heterocycles. The predicted octanol–water partition coefficient (Wildman–Crippen LogP) is 9.35. The number of hydrogen-bond donors (Lipinski definition) is 2. The summed E-state index contributed by atoms with van der Waals surface area (Å²) in [5.74, 6) is 0. The van der Waals surface area contributed by atoms with Gasteiger partial charge in [-0.25, -0.2) is 0 Å². The van der Waals surface area contributed by atoms with Crippen LogP contribution in [0.3, 0.4) is 0 Å². The number of rotatable bonds is 12. The van der Waals surface area contributed by atoms with Gasteiger partial charge in [-0.1, -0.05) is 96.1 Å². The Morgan fingerprint density at radius 1 is 0.541 bits per heavy atom. The minimum atomic E-state index is 0.216. The van der Waals surface area contributed by atoms with E-state index in [1.54, 1.807) is 0 Å². The molecule has 2 heteroatoms. The number of benzene rings is 4. The summed E-state index contributed by atoms with van der Waals surface area (Å²) >= 11 is 0. The normalized spacial score (nSPS) is 12.4. The number of aryl methyl sites for hydroxylation is 2. The molecule has 0 bridgehead atoms. The second-order valence-electron chi connectivity index (χ2n) is 9.83. The minimum absolute atomic E-state index is 0.216. The molecule has 0 radical (unpaired) electrons. The van der Waals surface area contributed by atoms with Crippen LogP contribution in [0.4, 0.5) is 11.4 Å². The quantitative estimate of drug-likeness (QED) is 0.195. The summed E-state index contributed by atoms with van der Waals surface area (Å²) in [5.41, 5.74) is 9.95. The Balaban J connectivity index is 1.37. The van der Waals surface area contributed by atoms with E-state index in [1.807, 2.05) is 12.2 Å². The zero-order valence-electron chi connectivity index (χ0n) is 22.1. The maximum Gasteiger partial charge on any atom is 0.0548 e. The van der Waals surface area contributed by atoms with Crippen LogP contribution in [0.5, 0.6) is 0 Å². The summed E-state index contributed by atoms with van der Waals surface area (Å²) in [6.07, 6.45) is 6.61. The van der Waals surface area contributed by atoms with Gasteiger partial charge >= 0.3 is 0 Å². The van der Waals surface area contributed by atoms with E-state index in [1.165, 1.54) is 33.4 Å². The third-order valence-electron chi connectivity index (χ3n) is 6.76. The Bertz CT molecular complexity index is 1160. The summed E-state index contributed by atoms with van der Waals surface area (Å²) in [4.78, 5) is 0. The van der Waals surface area contributed by atoms with Crippen molar-refractivity contribution < 1.29 is 0 Å². The first-order chi connectivity index (χ1) is 18.0. The molecule has 37 heavy (non-hydrogen) atoms. The van der Waals surface area contributed by atoms with Crippen LogP contribution in [0, 0.1) is 13.8 Å². The van der Waals surface area contributed by atoms with E-state index in [4.69, 9.17) is 0 Å². The van der Waals surface area contributed by atoms with Crippen molar-refractivity contribution in [3.63, 3.8) is 0 Å². The molecule has 2 atom stereocenters. The van der Waals surface area contributed by atoms with Crippen LogP contribution in [0.1, 0.15) is 58.3 Å². The summed E-state index contributed by atoms with van der Waals surface area (Å²) < 4.78 is 0. The molecule has 188 valence electrons. The first-order valence-corrected chi connectivity index (χ1v) is 13.1. The zero-order valence-corrected chi connectivity index (χ0v) is 22.1. The van der Waals surface area contributed by atoms with Gasteiger partial charge in [-0.15, -0.1) is 13.2 Å². The zero-order chi connectivity index (χ0) is 26.0. The molecule has 0 aliphatic rings. The van der Waals surface area contributed by atoms with Crippen LogP contribution >= 0.6 is 0 Å². The van der Waals surface area contributed by atoms with Crippen molar-refractivity contribution in [2.45, 2.75) is 45.2 Å². The summed E-state index contributed by atoms with van der Waals surface area (Å²) in [7, 11) is 0. The first kappa shape index (κ1) is 26.0. The Morgan fingerprint density at radius 3 is 1.22 bits per heavy atom. The van der Waals surface area contributed by atoms with Crippen molar-refractivity contribution in [1.29, 1.82) is 0 Å². The van der Waals surface area contributed by atoms with Gasteiger partial charge in [0.05, 0.1) is 12.1 Å². The molecule has 0 spiro atoms. The Hall–Kier alpha value is -4.04. The average molecular weight is 487 g/mol. The van der Waals surface area contributed by atoms with Crippen LogP contribution < -0.4 is 10.6 Å². The highest BCUT2D eigenvalue weighted by Crippen LogP contribution is 2.26. The van der Waals surface area contributed by atoms with Crippen LogP contribution in [-0.2, 0) is 6.42 Å². The standard InChI is InChI=1S/C35H38N2/c1-5-7-34(30-17-9-26(3)10-18-30)36-32-21-13-28(14-22-32)25-29-15-23-33(24-16-29)37-35(8-6-2)31-19-11-27(4)12-20-31/h5-6,9-24,34-37H,1-2,7-8,25H2,3-4H3/t34-,35-/m1/s1. The molecule has 0 aliphatic carbocycles. The van der Waals surface area contributed by atoms with Crippen molar-refractivity contribution in [3.8, 4) is 0 Å². The molecule has 0 aromatic heterocycles. The average Bonchev–Trinajstić information content (AvgIpc) is 2.91. The minimum Gasteiger partial charge on any atom is -0.378 e. The fourth-order valence-electron chi connectivity index (χ4n) is 4.56. The highest BCUT2D eigenvalue weighted by molar-refractivity contribution is 5.50. The molecule has 0 amide bonds. The number of hydrogen-bond acceptors (Lipinski definition) is 2. The van der Waals surface area contributed by atoms with E-state index >= 15 is 0 Å². The molecule has 0 fully saturated rings. The van der Waals surface area contributed by atoms with Crippen LogP contribution in [-0.4, -0.2) is 0 Å². The van der Waals surface area contributed by atoms with Gasteiger partial charge in [0.15, 0.2) is 0 Å². The molecule has 0 aliphatic heterocycles. The van der Waals surface area contributed by atoms with E-state index in [-0.39, 0.29) is 12.1 Å². The lowest BCUT2D eigenvalue weighted by Gasteiger charge is -2.20. The molecule has 2 N–H and O–H groups in total. The lowest BCUT2D eigenvalue weighted by Crippen LogP contribution is -2.10. The lowest BCUT2D eigenvalue weighted by atomic mass is 10.0. The Labute approximate surface area is 222 Å². The molecule has 2 nitrogen and oxygen atoms in total. The first-order valence-electron chi connectivity index (χ1n) is 13.1. The van der Waals surface area contributed by atoms with Crippen molar-refractivity contribution in [2.24, 2.45) is 0 Å². The summed E-state index contributed by atoms with van der Waals surface area (Å²) in [5, 5.41) is 7.35. The maximum atomic E-state index is 3.95. The fourth-order valence-corrected chi connectivity index (χ4v) is 4.56. The molecule has 0 saturated carbocycles. The fraction of sp³-hybridized carbons (Fsp3) is 0.200. The van der Waals surface area contributed by atoms with Gasteiger partial charge in [0.2, 0.25) is 0 Å². The highest BCUT2D eigenvalue weighted by Gasteiger charge is 2.11. The third kappa shape index (κ3) is 7.47. The Morgan fingerprint density at radius 2 is 0.892 bits per heavy atom. The molecular formula is C35H38N2.